The number of halogens is 1. The number of ether oxygens (including phenoxy) is 1. The number of aromatic nitrogens is 5. The van der Waals surface area contributed by atoms with Crippen LogP contribution in [0.2, 0.25) is 0 Å². The van der Waals surface area contributed by atoms with E-state index in [1.807, 2.05) is 36.1 Å². The SMILES string of the molecule is Cc1ccc(-n2nccn2)c(C(=O)N2CC(CCOc3ccc(Br)cn3)CC2C)n1. The Morgan fingerprint density at radius 3 is 2.77 bits per heavy atom. The van der Waals surface area contributed by atoms with Gasteiger partial charge in [0, 0.05) is 35.0 Å². The van der Waals surface area contributed by atoms with Crippen molar-refractivity contribution < 1.29 is 9.53 Å². The minimum atomic E-state index is -0.0866. The monoisotopic (exact) mass is 470 g/mol. The van der Waals surface area contributed by atoms with Gasteiger partial charge in [-0.3, -0.25) is 4.79 Å². The third-order valence-corrected chi connectivity index (χ3v) is 5.72. The molecule has 4 heterocycles. The van der Waals surface area contributed by atoms with Gasteiger partial charge in [-0.15, -0.1) is 4.80 Å². The van der Waals surface area contributed by atoms with E-state index in [0.29, 0.717) is 36.3 Å². The molecule has 1 saturated heterocycles. The van der Waals surface area contributed by atoms with E-state index in [-0.39, 0.29) is 11.9 Å². The molecule has 1 fully saturated rings. The molecular weight excluding hydrogens is 448 g/mol. The Labute approximate surface area is 183 Å². The third-order valence-electron chi connectivity index (χ3n) is 5.25. The van der Waals surface area contributed by atoms with Gasteiger partial charge in [0.2, 0.25) is 5.88 Å². The van der Waals surface area contributed by atoms with Crippen LogP contribution in [0.1, 0.15) is 35.9 Å². The van der Waals surface area contributed by atoms with Crippen molar-refractivity contribution >= 4 is 21.8 Å². The fraction of sp³-hybridized carbons (Fsp3) is 0.381. The van der Waals surface area contributed by atoms with Crippen molar-refractivity contribution in [2.24, 2.45) is 5.92 Å². The molecule has 9 heteroatoms. The molecule has 2 atom stereocenters. The summed E-state index contributed by atoms with van der Waals surface area (Å²) in [6, 6.07) is 7.58. The van der Waals surface area contributed by atoms with Crippen LogP contribution in [0, 0.1) is 12.8 Å². The van der Waals surface area contributed by atoms with Crippen molar-refractivity contribution in [2.75, 3.05) is 13.2 Å². The number of hydrogen-bond donors (Lipinski definition) is 0. The van der Waals surface area contributed by atoms with Gasteiger partial charge in [-0.1, -0.05) is 0 Å². The van der Waals surface area contributed by atoms with Crippen LogP contribution in [0.15, 0.2) is 47.3 Å². The molecular formula is C21H23BrN6O2. The second kappa shape index (κ2) is 8.91. The van der Waals surface area contributed by atoms with E-state index in [1.54, 1.807) is 18.6 Å². The Morgan fingerprint density at radius 1 is 1.23 bits per heavy atom. The van der Waals surface area contributed by atoms with Crippen molar-refractivity contribution in [3.8, 4) is 11.6 Å². The van der Waals surface area contributed by atoms with Crippen LogP contribution in [0.4, 0.5) is 0 Å². The second-order valence-corrected chi connectivity index (χ2v) is 8.41. The molecule has 4 rings (SSSR count). The molecule has 0 radical (unpaired) electrons. The summed E-state index contributed by atoms with van der Waals surface area (Å²) < 4.78 is 6.67. The molecule has 0 N–H and O–H groups in total. The number of carbonyl (C=O) groups excluding carboxylic acids is 1. The predicted molar refractivity (Wildman–Crippen MR) is 115 cm³/mol. The number of likely N-dealkylation sites (tertiary alicyclic amines) is 1. The van der Waals surface area contributed by atoms with Crippen molar-refractivity contribution in [2.45, 2.75) is 32.7 Å². The zero-order chi connectivity index (χ0) is 21.1. The van der Waals surface area contributed by atoms with E-state index >= 15 is 0 Å². The van der Waals surface area contributed by atoms with E-state index in [4.69, 9.17) is 4.74 Å². The molecule has 0 bridgehead atoms. The molecule has 156 valence electrons. The highest BCUT2D eigenvalue weighted by Crippen LogP contribution is 2.28. The Hall–Kier alpha value is -2.81. The number of nitrogens with zero attached hydrogens (tertiary/aromatic N) is 6. The summed E-state index contributed by atoms with van der Waals surface area (Å²) in [4.78, 5) is 25.4. The zero-order valence-electron chi connectivity index (χ0n) is 16.9. The molecule has 0 spiro atoms. The number of amides is 1. The Morgan fingerprint density at radius 2 is 2.03 bits per heavy atom. The molecule has 0 aromatic carbocycles. The predicted octanol–water partition coefficient (Wildman–Crippen LogP) is 3.45. The molecule has 1 aliphatic rings. The maximum atomic E-state index is 13.3. The van der Waals surface area contributed by atoms with Gasteiger partial charge in [0.15, 0.2) is 5.69 Å². The van der Waals surface area contributed by atoms with Crippen molar-refractivity contribution in [1.29, 1.82) is 0 Å². The first-order valence-electron chi connectivity index (χ1n) is 9.91. The number of rotatable bonds is 6. The highest BCUT2D eigenvalue weighted by atomic mass is 79.9. The van der Waals surface area contributed by atoms with Crippen LogP contribution < -0.4 is 4.74 Å². The van der Waals surface area contributed by atoms with Crippen molar-refractivity contribution in [3.05, 3.63) is 58.7 Å². The quantitative estimate of drug-likeness (QED) is 0.548. The molecule has 0 aliphatic carbocycles. The van der Waals surface area contributed by atoms with E-state index < -0.39 is 0 Å². The van der Waals surface area contributed by atoms with Gasteiger partial charge in [-0.2, -0.15) is 10.2 Å². The number of hydrogen-bond acceptors (Lipinski definition) is 6. The number of pyridine rings is 2. The Kier molecular flexibility index (Phi) is 6.08. The maximum absolute atomic E-state index is 13.3. The van der Waals surface area contributed by atoms with E-state index in [0.717, 1.165) is 23.0 Å². The first kappa shape index (κ1) is 20.5. The lowest BCUT2D eigenvalue weighted by Gasteiger charge is -2.22. The number of aryl methyl sites for hydroxylation is 1. The zero-order valence-corrected chi connectivity index (χ0v) is 18.5. The van der Waals surface area contributed by atoms with Crippen molar-refractivity contribution in [1.82, 2.24) is 29.9 Å². The van der Waals surface area contributed by atoms with E-state index in [1.165, 1.54) is 4.80 Å². The lowest BCUT2D eigenvalue weighted by atomic mass is 10.0. The molecule has 0 saturated carbocycles. The van der Waals surface area contributed by atoms with Gasteiger partial charge in [-0.05, 0) is 66.7 Å². The van der Waals surface area contributed by atoms with E-state index in [2.05, 4.69) is 43.0 Å². The lowest BCUT2D eigenvalue weighted by Crippen LogP contribution is -2.35. The van der Waals surface area contributed by atoms with Crippen LogP contribution in [0.5, 0.6) is 5.88 Å². The molecule has 2 unspecified atom stereocenters. The highest BCUT2D eigenvalue weighted by molar-refractivity contribution is 9.10. The van der Waals surface area contributed by atoms with Gasteiger partial charge in [0.25, 0.3) is 5.91 Å². The summed E-state index contributed by atoms with van der Waals surface area (Å²) in [7, 11) is 0. The van der Waals surface area contributed by atoms with Gasteiger partial charge in [0.1, 0.15) is 5.69 Å². The van der Waals surface area contributed by atoms with Gasteiger partial charge >= 0.3 is 0 Å². The highest BCUT2D eigenvalue weighted by Gasteiger charge is 2.34. The Bertz CT molecular complexity index is 1010. The molecule has 1 aliphatic heterocycles. The van der Waals surface area contributed by atoms with Crippen LogP contribution in [-0.2, 0) is 0 Å². The Balaban J connectivity index is 1.42. The fourth-order valence-electron chi connectivity index (χ4n) is 3.76. The minimum absolute atomic E-state index is 0.0866. The standard InChI is InChI=1S/C21H23BrN6O2/c1-14-3-5-18(28-24-8-9-25-28)20(26-14)21(29)27-13-16(11-15(27)2)7-10-30-19-6-4-17(22)12-23-19/h3-6,8-9,12,15-16H,7,10-11,13H2,1-2H3. The molecule has 3 aromatic rings. The smallest absolute Gasteiger partial charge is 0.275 e. The van der Waals surface area contributed by atoms with Gasteiger partial charge in [-0.25, -0.2) is 9.97 Å². The van der Waals surface area contributed by atoms with Crippen LogP contribution in [0.25, 0.3) is 5.69 Å². The summed E-state index contributed by atoms with van der Waals surface area (Å²) in [5, 5.41) is 8.33. The molecule has 3 aromatic heterocycles. The average Bonchev–Trinajstić information content (AvgIpc) is 3.39. The third kappa shape index (κ3) is 4.51. The van der Waals surface area contributed by atoms with E-state index in [9.17, 15) is 4.79 Å². The summed E-state index contributed by atoms with van der Waals surface area (Å²) in [6.45, 7) is 5.20. The normalized spacial score (nSPS) is 18.6. The summed E-state index contributed by atoms with van der Waals surface area (Å²) in [5.74, 6) is 0.893. The fourth-order valence-corrected chi connectivity index (χ4v) is 3.99. The minimum Gasteiger partial charge on any atom is -0.478 e. The van der Waals surface area contributed by atoms with Crippen LogP contribution >= 0.6 is 15.9 Å². The molecule has 1 amide bonds. The number of carbonyl (C=O) groups is 1. The van der Waals surface area contributed by atoms with Crippen LogP contribution in [-0.4, -0.2) is 55.0 Å². The molecule has 30 heavy (non-hydrogen) atoms. The topological polar surface area (TPSA) is 86.0 Å². The largest absolute Gasteiger partial charge is 0.478 e. The summed E-state index contributed by atoms with van der Waals surface area (Å²) in [5.41, 5.74) is 1.76. The summed E-state index contributed by atoms with van der Waals surface area (Å²) in [6.07, 6.45) is 6.69. The van der Waals surface area contributed by atoms with Gasteiger partial charge < -0.3 is 9.64 Å². The first-order valence-corrected chi connectivity index (χ1v) is 10.7. The summed E-state index contributed by atoms with van der Waals surface area (Å²) >= 11 is 3.37. The van der Waals surface area contributed by atoms with Crippen molar-refractivity contribution in [3.63, 3.8) is 0 Å². The van der Waals surface area contributed by atoms with Gasteiger partial charge in [0.05, 0.1) is 19.0 Å². The first-order chi connectivity index (χ1) is 14.5. The van der Waals surface area contributed by atoms with Crippen LogP contribution in [0.3, 0.4) is 0 Å². The average molecular weight is 471 g/mol. The lowest BCUT2D eigenvalue weighted by molar-refractivity contribution is 0.0735. The molecule has 8 nitrogen and oxygen atoms in total. The second-order valence-electron chi connectivity index (χ2n) is 7.50. The maximum Gasteiger partial charge on any atom is 0.275 e.